The molecular formula is C10H14N2O3S. The van der Waals surface area contributed by atoms with Crippen LogP contribution >= 0.6 is 0 Å². The van der Waals surface area contributed by atoms with Crippen molar-refractivity contribution in [1.82, 2.24) is 4.98 Å². The van der Waals surface area contributed by atoms with Gasteiger partial charge in [0, 0.05) is 5.69 Å². The summed E-state index contributed by atoms with van der Waals surface area (Å²) in [5, 5.41) is 9.46. The normalized spacial score (nSPS) is 16.1. The van der Waals surface area contributed by atoms with Gasteiger partial charge in [-0.1, -0.05) is 0 Å². The molecule has 1 aromatic rings. The molecular weight excluding hydrogens is 228 g/mol. The van der Waals surface area contributed by atoms with Gasteiger partial charge in [0.25, 0.3) is 0 Å². The number of hydrogen-bond donors (Lipinski definition) is 2. The SMILES string of the molecule is Cc1ccc(O)c(NS(=O)(=O)CC2CC2)n1. The molecule has 0 aliphatic heterocycles. The molecule has 0 saturated heterocycles. The zero-order valence-corrected chi connectivity index (χ0v) is 9.79. The van der Waals surface area contributed by atoms with E-state index in [-0.39, 0.29) is 23.2 Å². The summed E-state index contributed by atoms with van der Waals surface area (Å²) in [6.45, 7) is 1.73. The van der Waals surface area contributed by atoms with E-state index >= 15 is 0 Å². The van der Waals surface area contributed by atoms with Crippen LogP contribution in [-0.4, -0.2) is 24.3 Å². The summed E-state index contributed by atoms with van der Waals surface area (Å²) < 4.78 is 25.6. The summed E-state index contributed by atoms with van der Waals surface area (Å²) in [6.07, 6.45) is 1.93. The maximum Gasteiger partial charge on any atom is 0.234 e. The standard InChI is InChI=1S/C10H14N2O3S/c1-7-2-5-9(13)10(11-7)12-16(14,15)6-8-3-4-8/h2,5,8,13H,3-4,6H2,1H3,(H,11,12). The highest BCUT2D eigenvalue weighted by Gasteiger charge is 2.28. The number of nitrogens with one attached hydrogen (secondary N) is 1. The number of aromatic hydroxyl groups is 1. The zero-order valence-electron chi connectivity index (χ0n) is 8.97. The van der Waals surface area contributed by atoms with Crippen molar-refractivity contribution in [2.45, 2.75) is 19.8 Å². The highest BCUT2D eigenvalue weighted by Crippen LogP contribution is 2.31. The predicted octanol–water partition coefficient (Wildman–Crippen LogP) is 1.25. The Morgan fingerprint density at radius 2 is 2.19 bits per heavy atom. The van der Waals surface area contributed by atoms with Crippen molar-refractivity contribution < 1.29 is 13.5 Å². The Morgan fingerprint density at radius 3 is 2.81 bits per heavy atom. The topological polar surface area (TPSA) is 79.3 Å². The first-order valence-corrected chi connectivity index (χ1v) is 6.78. The molecule has 1 heterocycles. The van der Waals surface area contributed by atoms with Crippen molar-refractivity contribution in [3.8, 4) is 5.75 Å². The van der Waals surface area contributed by atoms with Crippen LogP contribution in [-0.2, 0) is 10.0 Å². The monoisotopic (exact) mass is 242 g/mol. The highest BCUT2D eigenvalue weighted by atomic mass is 32.2. The average molecular weight is 242 g/mol. The molecule has 0 bridgehead atoms. The lowest BCUT2D eigenvalue weighted by Gasteiger charge is -2.08. The van der Waals surface area contributed by atoms with E-state index < -0.39 is 10.0 Å². The van der Waals surface area contributed by atoms with Crippen LogP contribution in [0.25, 0.3) is 0 Å². The van der Waals surface area contributed by atoms with Gasteiger partial charge in [-0.2, -0.15) is 0 Å². The molecule has 88 valence electrons. The molecule has 1 saturated carbocycles. The number of aryl methyl sites for hydroxylation is 1. The summed E-state index contributed by atoms with van der Waals surface area (Å²) in [5.74, 6) is 0.247. The van der Waals surface area contributed by atoms with Crippen LogP contribution in [0.3, 0.4) is 0 Å². The molecule has 1 fully saturated rings. The van der Waals surface area contributed by atoms with E-state index in [4.69, 9.17) is 0 Å². The van der Waals surface area contributed by atoms with Gasteiger partial charge in [-0.25, -0.2) is 13.4 Å². The summed E-state index contributed by atoms with van der Waals surface area (Å²) in [4.78, 5) is 3.95. The lowest BCUT2D eigenvalue weighted by molar-refractivity contribution is 0.475. The number of rotatable bonds is 4. The maximum atomic E-state index is 11.7. The highest BCUT2D eigenvalue weighted by molar-refractivity contribution is 7.92. The second kappa shape index (κ2) is 3.93. The molecule has 1 aliphatic rings. The first kappa shape index (κ1) is 11.2. The third-order valence-corrected chi connectivity index (χ3v) is 3.83. The Kier molecular flexibility index (Phi) is 2.75. The Bertz CT molecular complexity index is 495. The molecule has 2 N–H and O–H groups in total. The Labute approximate surface area is 94.6 Å². The number of sulfonamides is 1. The molecule has 6 heteroatoms. The Balaban J connectivity index is 2.15. The number of nitrogens with zero attached hydrogens (tertiary/aromatic N) is 1. The molecule has 0 unspecified atom stereocenters. The fourth-order valence-corrected chi connectivity index (χ4v) is 2.89. The third kappa shape index (κ3) is 2.85. The van der Waals surface area contributed by atoms with Gasteiger partial charge in [0.05, 0.1) is 5.75 Å². The summed E-state index contributed by atoms with van der Waals surface area (Å²) in [5.41, 5.74) is 0.655. The average Bonchev–Trinajstić information content (AvgIpc) is 2.94. The quantitative estimate of drug-likeness (QED) is 0.832. The minimum atomic E-state index is -3.38. The summed E-state index contributed by atoms with van der Waals surface area (Å²) in [7, 11) is -3.38. The Morgan fingerprint density at radius 1 is 1.50 bits per heavy atom. The fraction of sp³-hybridized carbons (Fsp3) is 0.500. The van der Waals surface area contributed by atoms with Gasteiger partial charge in [-0.3, -0.25) is 4.72 Å². The smallest absolute Gasteiger partial charge is 0.234 e. The minimum Gasteiger partial charge on any atom is -0.504 e. The van der Waals surface area contributed by atoms with Crippen LogP contribution in [0.1, 0.15) is 18.5 Å². The van der Waals surface area contributed by atoms with E-state index in [0.29, 0.717) is 5.69 Å². The maximum absolute atomic E-state index is 11.7. The molecule has 1 aromatic heterocycles. The van der Waals surface area contributed by atoms with Crippen molar-refractivity contribution in [3.05, 3.63) is 17.8 Å². The van der Waals surface area contributed by atoms with Gasteiger partial charge in [0.1, 0.15) is 0 Å². The molecule has 0 radical (unpaired) electrons. The zero-order chi connectivity index (χ0) is 11.8. The van der Waals surface area contributed by atoms with Gasteiger partial charge in [-0.05, 0) is 37.8 Å². The van der Waals surface area contributed by atoms with Crippen LogP contribution in [0, 0.1) is 12.8 Å². The number of hydrogen-bond acceptors (Lipinski definition) is 4. The van der Waals surface area contributed by atoms with Crippen molar-refractivity contribution in [3.63, 3.8) is 0 Å². The second-order valence-corrected chi connectivity index (χ2v) is 5.91. The van der Waals surface area contributed by atoms with Crippen LogP contribution in [0.5, 0.6) is 5.75 Å². The van der Waals surface area contributed by atoms with E-state index in [1.807, 2.05) is 0 Å². The van der Waals surface area contributed by atoms with Gasteiger partial charge in [0.15, 0.2) is 11.6 Å². The molecule has 0 amide bonds. The van der Waals surface area contributed by atoms with Gasteiger partial charge < -0.3 is 5.11 Å². The number of anilines is 1. The second-order valence-electron chi connectivity index (χ2n) is 4.15. The van der Waals surface area contributed by atoms with Crippen LogP contribution in [0.4, 0.5) is 5.82 Å². The summed E-state index contributed by atoms with van der Waals surface area (Å²) in [6, 6.07) is 3.05. The first-order valence-electron chi connectivity index (χ1n) is 5.13. The minimum absolute atomic E-state index is 0.0145. The van der Waals surface area contributed by atoms with Crippen LogP contribution in [0.2, 0.25) is 0 Å². The third-order valence-electron chi connectivity index (χ3n) is 2.42. The molecule has 0 spiro atoms. The van der Waals surface area contributed by atoms with Crippen molar-refractivity contribution in [2.75, 3.05) is 10.5 Å². The van der Waals surface area contributed by atoms with Crippen LogP contribution in [0.15, 0.2) is 12.1 Å². The molecule has 16 heavy (non-hydrogen) atoms. The van der Waals surface area contributed by atoms with E-state index in [9.17, 15) is 13.5 Å². The van der Waals surface area contributed by atoms with E-state index in [0.717, 1.165) is 12.8 Å². The fourth-order valence-electron chi connectivity index (χ4n) is 1.41. The molecule has 0 aromatic carbocycles. The number of pyridine rings is 1. The lowest BCUT2D eigenvalue weighted by atomic mass is 10.3. The van der Waals surface area contributed by atoms with Crippen molar-refractivity contribution >= 4 is 15.8 Å². The molecule has 1 aliphatic carbocycles. The first-order chi connectivity index (χ1) is 7.46. The Hall–Kier alpha value is -1.30. The molecule has 0 atom stereocenters. The van der Waals surface area contributed by atoms with Crippen molar-refractivity contribution in [2.24, 2.45) is 5.92 Å². The van der Waals surface area contributed by atoms with Crippen molar-refractivity contribution in [1.29, 1.82) is 0 Å². The van der Waals surface area contributed by atoms with Gasteiger partial charge in [-0.15, -0.1) is 0 Å². The van der Waals surface area contributed by atoms with Crippen LogP contribution < -0.4 is 4.72 Å². The largest absolute Gasteiger partial charge is 0.504 e. The van der Waals surface area contributed by atoms with E-state index in [1.165, 1.54) is 6.07 Å². The van der Waals surface area contributed by atoms with E-state index in [2.05, 4.69) is 9.71 Å². The van der Waals surface area contributed by atoms with Gasteiger partial charge in [0.2, 0.25) is 10.0 Å². The predicted molar refractivity (Wildman–Crippen MR) is 60.8 cm³/mol. The molecule has 2 rings (SSSR count). The number of aromatic nitrogens is 1. The van der Waals surface area contributed by atoms with E-state index in [1.54, 1.807) is 13.0 Å². The summed E-state index contributed by atoms with van der Waals surface area (Å²) >= 11 is 0. The van der Waals surface area contributed by atoms with Gasteiger partial charge >= 0.3 is 0 Å². The lowest BCUT2D eigenvalue weighted by Crippen LogP contribution is -2.18. The molecule has 5 nitrogen and oxygen atoms in total.